The topological polar surface area (TPSA) is 9.86 Å². The molecule has 0 unspecified atom stereocenters. The van der Waals surface area contributed by atoms with Crippen LogP contribution in [0.1, 0.15) is 0 Å². The van der Waals surface area contributed by atoms with Gasteiger partial charge in [-0.25, -0.2) is 0 Å². The number of nitrogens with zero attached hydrogens (tertiary/aromatic N) is 2. The van der Waals surface area contributed by atoms with Crippen LogP contribution in [-0.2, 0) is 0 Å². The van der Waals surface area contributed by atoms with Gasteiger partial charge in [-0.05, 0) is 151 Å². The Labute approximate surface area is 371 Å². The summed E-state index contributed by atoms with van der Waals surface area (Å²) in [6.07, 6.45) is 0. The predicted octanol–water partition coefficient (Wildman–Crippen LogP) is 16.9. The molecule has 0 bridgehead atoms. The van der Waals surface area contributed by atoms with Crippen LogP contribution in [-0.4, -0.2) is 9.13 Å². The first-order chi connectivity index (χ1) is 31.7. The van der Waals surface area contributed by atoms with Crippen molar-refractivity contribution in [3.8, 4) is 55.9 Å². The third kappa shape index (κ3) is 5.88. The number of hydrogen-bond acceptors (Lipinski definition) is 0. The zero-order valence-corrected chi connectivity index (χ0v) is 35.0. The van der Waals surface area contributed by atoms with Gasteiger partial charge in [0.2, 0.25) is 0 Å². The number of aromatic nitrogens is 2. The highest BCUT2D eigenvalue weighted by Gasteiger charge is 2.16. The van der Waals surface area contributed by atoms with Crippen LogP contribution in [0.5, 0.6) is 0 Å². The molecule has 0 radical (unpaired) electrons. The number of para-hydroxylation sites is 4. The fraction of sp³-hybridized carbons (Fsp3) is 0. The maximum atomic E-state index is 2.38. The van der Waals surface area contributed by atoms with Gasteiger partial charge in [0, 0.05) is 32.9 Å². The average Bonchev–Trinajstić information content (AvgIpc) is 3.89. The largest absolute Gasteiger partial charge is 0.309 e. The summed E-state index contributed by atoms with van der Waals surface area (Å²) >= 11 is 0. The Bertz CT molecular complexity index is 3690. The summed E-state index contributed by atoms with van der Waals surface area (Å²) in [5, 5.41) is 10.0. The Morgan fingerprint density at radius 3 is 0.922 bits per heavy atom. The molecule has 13 aromatic rings. The molecule has 0 aliphatic heterocycles. The van der Waals surface area contributed by atoms with Crippen LogP contribution in [0.15, 0.2) is 243 Å². The first kappa shape index (κ1) is 36.2. The number of hydrogen-bond donors (Lipinski definition) is 0. The van der Waals surface area contributed by atoms with Crippen molar-refractivity contribution in [2.45, 2.75) is 0 Å². The Hall–Kier alpha value is -8.46. The summed E-state index contributed by atoms with van der Waals surface area (Å²) in [7, 11) is 0. The summed E-state index contributed by atoms with van der Waals surface area (Å²) in [6, 6.07) is 89.0. The number of rotatable bonds is 6. The standard InChI is InChI=1S/C62H40N2/c1-3-17-51(18-4-1)63-59-23-9-7-21-53(59)57-39-49(31-33-61(57)63)45-15-11-13-43(35-45)47-29-27-41-25-26-42-28-30-48(38-56(42)55(41)37-47)44-14-12-16-46(36-44)50-32-34-62-58(40-50)54-22-8-10-24-60(54)64(62)52-19-5-2-6-20-52/h1-40H. The van der Waals surface area contributed by atoms with Crippen LogP contribution in [0.3, 0.4) is 0 Å². The van der Waals surface area contributed by atoms with Gasteiger partial charge in [-0.2, -0.15) is 0 Å². The highest BCUT2D eigenvalue weighted by molar-refractivity contribution is 6.13. The predicted molar refractivity (Wildman–Crippen MR) is 272 cm³/mol. The molecule has 2 nitrogen and oxygen atoms in total. The van der Waals surface area contributed by atoms with Gasteiger partial charge in [0.15, 0.2) is 0 Å². The Kier molecular flexibility index (Phi) is 8.25. The maximum Gasteiger partial charge on any atom is 0.0541 e. The first-order valence-corrected chi connectivity index (χ1v) is 22.1. The molecule has 0 N–H and O–H groups in total. The molecule has 13 rings (SSSR count). The molecule has 0 saturated heterocycles. The fourth-order valence-corrected chi connectivity index (χ4v) is 10.2. The van der Waals surface area contributed by atoms with Crippen LogP contribution in [0.2, 0.25) is 0 Å². The van der Waals surface area contributed by atoms with Gasteiger partial charge in [0.05, 0.1) is 22.1 Å². The van der Waals surface area contributed by atoms with E-state index in [0.717, 1.165) is 0 Å². The summed E-state index contributed by atoms with van der Waals surface area (Å²) in [5.41, 5.74) is 16.9. The molecule has 0 fully saturated rings. The van der Waals surface area contributed by atoms with Crippen molar-refractivity contribution in [3.05, 3.63) is 243 Å². The summed E-state index contributed by atoms with van der Waals surface area (Å²) in [5.74, 6) is 0. The van der Waals surface area contributed by atoms with Gasteiger partial charge in [-0.15, -0.1) is 0 Å². The van der Waals surface area contributed by atoms with Crippen LogP contribution < -0.4 is 0 Å². The van der Waals surface area contributed by atoms with Gasteiger partial charge < -0.3 is 9.13 Å². The normalized spacial score (nSPS) is 11.8. The first-order valence-electron chi connectivity index (χ1n) is 22.1. The number of fused-ring (bicyclic) bond motifs is 9. The monoisotopic (exact) mass is 812 g/mol. The SMILES string of the molecule is c1ccc(-n2c3ccccc3c3cc(-c4cccc(-c5ccc6ccc7ccc(-c8cccc(-c9ccc%10c(c9)c9ccccc9n%10-c9ccccc9)c8)cc7c6c5)c4)ccc32)cc1. The molecular weight excluding hydrogens is 773 g/mol. The zero-order chi connectivity index (χ0) is 42.1. The second kappa shape index (κ2) is 14.6. The lowest BCUT2D eigenvalue weighted by Crippen LogP contribution is -1.92. The smallest absolute Gasteiger partial charge is 0.0541 e. The van der Waals surface area contributed by atoms with E-state index in [9.17, 15) is 0 Å². The van der Waals surface area contributed by atoms with Crippen LogP contribution in [0, 0.1) is 0 Å². The van der Waals surface area contributed by atoms with E-state index < -0.39 is 0 Å². The minimum Gasteiger partial charge on any atom is -0.309 e. The van der Waals surface area contributed by atoms with Gasteiger partial charge in [-0.1, -0.05) is 158 Å². The molecule has 298 valence electrons. The van der Waals surface area contributed by atoms with Gasteiger partial charge in [0.1, 0.15) is 0 Å². The van der Waals surface area contributed by atoms with Gasteiger partial charge >= 0.3 is 0 Å². The van der Waals surface area contributed by atoms with Crippen molar-refractivity contribution in [2.24, 2.45) is 0 Å². The molecule has 0 amide bonds. The minimum atomic E-state index is 1.17. The van der Waals surface area contributed by atoms with E-state index in [2.05, 4.69) is 252 Å². The molecule has 64 heavy (non-hydrogen) atoms. The van der Waals surface area contributed by atoms with Crippen LogP contribution in [0.4, 0.5) is 0 Å². The second-order valence-corrected chi connectivity index (χ2v) is 16.9. The van der Waals surface area contributed by atoms with Crippen molar-refractivity contribution in [3.63, 3.8) is 0 Å². The Morgan fingerprint density at radius 1 is 0.188 bits per heavy atom. The van der Waals surface area contributed by atoms with Crippen LogP contribution >= 0.6 is 0 Å². The highest BCUT2D eigenvalue weighted by Crippen LogP contribution is 2.39. The molecule has 0 aliphatic rings. The van der Waals surface area contributed by atoms with E-state index >= 15 is 0 Å². The van der Waals surface area contributed by atoms with E-state index in [0.29, 0.717) is 0 Å². The molecule has 11 aromatic carbocycles. The third-order valence-corrected chi connectivity index (χ3v) is 13.3. The highest BCUT2D eigenvalue weighted by atomic mass is 15.0. The quantitative estimate of drug-likeness (QED) is 0.148. The van der Waals surface area contributed by atoms with E-state index in [-0.39, 0.29) is 0 Å². The van der Waals surface area contributed by atoms with Crippen molar-refractivity contribution in [2.75, 3.05) is 0 Å². The van der Waals surface area contributed by atoms with Crippen molar-refractivity contribution in [1.29, 1.82) is 0 Å². The third-order valence-electron chi connectivity index (χ3n) is 13.3. The number of benzene rings is 11. The minimum absolute atomic E-state index is 1.17. The summed E-state index contributed by atoms with van der Waals surface area (Å²) in [4.78, 5) is 0. The van der Waals surface area contributed by atoms with E-state index in [1.807, 2.05) is 0 Å². The molecule has 2 heterocycles. The molecule has 2 aromatic heterocycles. The lowest BCUT2D eigenvalue weighted by atomic mass is 9.93. The summed E-state index contributed by atoms with van der Waals surface area (Å²) < 4.78 is 4.75. The van der Waals surface area contributed by atoms with Gasteiger partial charge in [0.25, 0.3) is 0 Å². The average molecular weight is 813 g/mol. The van der Waals surface area contributed by atoms with Crippen molar-refractivity contribution in [1.82, 2.24) is 9.13 Å². The maximum absolute atomic E-state index is 2.38. The summed E-state index contributed by atoms with van der Waals surface area (Å²) in [6.45, 7) is 0. The lowest BCUT2D eigenvalue weighted by Gasteiger charge is -2.12. The Morgan fingerprint density at radius 2 is 0.500 bits per heavy atom. The van der Waals surface area contributed by atoms with Crippen LogP contribution in [0.25, 0.3) is 121 Å². The second-order valence-electron chi connectivity index (χ2n) is 16.9. The molecular formula is C62H40N2. The van der Waals surface area contributed by atoms with Crippen molar-refractivity contribution < 1.29 is 0 Å². The molecule has 0 spiro atoms. The Balaban J connectivity index is 0.868. The molecule has 0 aliphatic carbocycles. The lowest BCUT2D eigenvalue weighted by molar-refractivity contribution is 1.18. The fourth-order valence-electron chi connectivity index (χ4n) is 10.2. The molecule has 0 saturated carbocycles. The molecule has 0 atom stereocenters. The zero-order valence-electron chi connectivity index (χ0n) is 35.0. The van der Waals surface area contributed by atoms with Gasteiger partial charge in [-0.3, -0.25) is 0 Å². The van der Waals surface area contributed by atoms with E-state index in [1.54, 1.807) is 0 Å². The van der Waals surface area contributed by atoms with E-state index in [1.165, 1.54) is 121 Å². The van der Waals surface area contributed by atoms with E-state index in [4.69, 9.17) is 0 Å². The molecule has 2 heteroatoms. The van der Waals surface area contributed by atoms with Crippen molar-refractivity contribution >= 4 is 65.2 Å².